The van der Waals surface area contributed by atoms with Crippen LogP contribution in [0.5, 0.6) is 0 Å². The zero-order chi connectivity index (χ0) is 34.5. The number of hydrogen-bond acceptors (Lipinski definition) is 11. The van der Waals surface area contributed by atoms with Crippen molar-refractivity contribution in [1.29, 1.82) is 0 Å². The minimum absolute atomic E-state index is 0.0557. The third kappa shape index (κ3) is 5.78. The number of nitro benzene ring substituents is 1. The van der Waals surface area contributed by atoms with Crippen molar-refractivity contribution in [3.8, 4) is 0 Å². The van der Waals surface area contributed by atoms with Crippen LogP contribution in [0.1, 0.15) is 43.5 Å². The van der Waals surface area contributed by atoms with Crippen LogP contribution in [0.4, 0.5) is 17.1 Å². The molecule has 2 aromatic carbocycles. The molecule has 254 valence electrons. The zero-order valence-corrected chi connectivity index (χ0v) is 28.1. The Labute approximate surface area is 277 Å². The first-order valence-electron chi connectivity index (χ1n) is 15.8. The van der Waals surface area contributed by atoms with Crippen molar-refractivity contribution in [2.45, 2.75) is 82.8 Å². The van der Waals surface area contributed by atoms with Crippen LogP contribution < -0.4 is 9.80 Å². The lowest BCUT2D eigenvalue weighted by molar-refractivity contribution is -0.385. The Morgan fingerprint density at radius 2 is 1.94 bits per heavy atom. The summed E-state index contributed by atoms with van der Waals surface area (Å²) in [6.45, 7) is 7.21. The maximum absolute atomic E-state index is 14.7. The number of β-lactam (4-membered cyclic amide) rings is 1. The Morgan fingerprint density at radius 1 is 1.21 bits per heavy atom. The maximum atomic E-state index is 14.7. The molecule has 3 aliphatic rings. The fraction of sp³-hybridized carbons (Fsp3) is 0.469. The minimum Gasteiger partial charge on any atom is -0.441 e. The van der Waals surface area contributed by atoms with Crippen LogP contribution in [0, 0.1) is 16.0 Å². The molecule has 1 unspecified atom stereocenters. The van der Waals surface area contributed by atoms with Gasteiger partial charge < -0.3 is 24.3 Å². The van der Waals surface area contributed by atoms with Crippen molar-refractivity contribution in [2.24, 2.45) is 5.92 Å². The molecule has 3 aliphatic heterocycles. The standard InChI is InChI=1S/C32H38N6O9Si/c1-19-30(48(3,4)45)27(11-13-35-18-22(12-14-39)33-34-35)47-32(19)25-15-24(38(43)44)9-10-26(25)36(31(32)42)17-21-5-7-23(8-6-21)37-28(41)16-29(37)46-20(2)40/h5-10,15,18-19,27,29-30,39,45H,11-14,16-17H2,1-4H3/t19-,27+,29?,30-,32+/m1/s1. The predicted octanol–water partition coefficient (Wildman–Crippen LogP) is 2.78. The summed E-state index contributed by atoms with van der Waals surface area (Å²) in [5, 5.41) is 29.4. The van der Waals surface area contributed by atoms with Crippen LogP contribution in [0.15, 0.2) is 48.7 Å². The Balaban J connectivity index is 1.31. The van der Waals surface area contributed by atoms with Gasteiger partial charge in [0.05, 0.1) is 35.4 Å². The molecule has 2 amide bonds. The number of benzene rings is 2. The van der Waals surface area contributed by atoms with Crippen LogP contribution in [-0.2, 0) is 49.0 Å². The highest BCUT2D eigenvalue weighted by molar-refractivity contribution is 6.71. The van der Waals surface area contributed by atoms with Gasteiger partial charge in [0, 0.05) is 67.5 Å². The molecule has 5 atom stereocenters. The van der Waals surface area contributed by atoms with E-state index < -0.39 is 48.6 Å². The molecule has 0 saturated carbocycles. The monoisotopic (exact) mass is 678 g/mol. The molecule has 0 bridgehead atoms. The summed E-state index contributed by atoms with van der Waals surface area (Å²) in [5.74, 6) is -1.56. The number of rotatable bonds is 11. The average Bonchev–Trinajstić information content (AvgIpc) is 3.66. The number of ether oxygens (including phenoxy) is 2. The molecule has 6 rings (SSSR count). The van der Waals surface area contributed by atoms with E-state index in [1.807, 2.05) is 6.92 Å². The summed E-state index contributed by atoms with van der Waals surface area (Å²) in [4.78, 5) is 64.3. The molecule has 2 saturated heterocycles. The third-order valence-electron chi connectivity index (χ3n) is 9.54. The van der Waals surface area contributed by atoms with Crippen LogP contribution >= 0.6 is 0 Å². The summed E-state index contributed by atoms with van der Waals surface area (Å²) >= 11 is 0. The number of aryl methyl sites for hydroxylation is 1. The summed E-state index contributed by atoms with van der Waals surface area (Å²) in [7, 11) is -2.98. The largest absolute Gasteiger partial charge is 0.441 e. The molecular formula is C32H38N6O9Si. The Kier molecular flexibility index (Phi) is 8.70. The van der Waals surface area contributed by atoms with E-state index in [-0.39, 0.29) is 37.1 Å². The molecule has 1 spiro atoms. The number of hydrogen-bond donors (Lipinski definition) is 2. The van der Waals surface area contributed by atoms with Gasteiger partial charge in [-0.1, -0.05) is 24.3 Å². The van der Waals surface area contributed by atoms with Crippen LogP contribution in [0.2, 0.25) is 18.6 Å². The second kappa shape index (κ2) is 12.5. The van der Waals surface area contributed by atoms with E-state index in [0.29, 0.717) is 42.0 Å². The molecule has 2 fully saturated rings. The van der Waals surface area contributed by atoms with E-state index in [4.69, 9.17) is 9.47 Å². The van der Waals surface area contributed by atoms with Gasteiger partial charge in [-0.2, -0.15) is 0 Å². The Bertz CT molecular complexity index is 1760. The Morgan fingerprint density at radius 3 is 2.56 bits per heavy atom. The first-order chi connectivity index (χ1) is 22.7. The highest BCUT2D eigenvalue weighted by Gasteiger charge is 2.66. The maximum Gasteiger partial charge on any atom is 0.304 e. The molecule has 4 heterocycles. The molecule has 0 radical (unpaired) electrons. The highest BCUT2D eigenvalue weighted by Crippen LogP contribution is 2.60. The number of carbonyl (C=O) groups excluding carboxylic acids is 3. The highest BCUT2D eigenvalue weighted by atomic mass is 28.4. The topological polar surface area (TPSA) is 190 Å². The van der Waals surface area contributed by atoms with Crippen LogP contribution in [-0.4, -0.2) is 74.9 Å². The lowest BCUT2D eigenvalue weighted by atomic mass is 9.82. The lowest BCUT2D eigenvalue weighted by Crippen LogP contribution is -2.54. The van der Waals surface area contributed by atoms with Crippen molar-refractivity contribution in [1.82, 2.24) is 15.0 Å². The Hall–Kier alpha value is -4.51. The molecular weight excluding hydrogens is 640 g/mol. The molecule has 0 aliphatic carbocycles. The van der Waals surface area contributed by atoms with Crippen LogP contribution in [0.25, 0.3) is 0 Å². The summed E-state index contributed by atoms with van der Waals surface area (Å²) in [5.41, 5.74) is 0.636. The van der Waals surface area contributed by atoms with Gasteiger partial charge in [-0.05, 0) is 43.3 Å². The number of aromatic nitrogens is 3. The zero-order valence-electron chi connectivity index (χ0n) is 27.1. The predicted molar refractivity (Wildman–Crippen MR) is 173 cm³/mol. The molecule has 2 N–H and O–H groups in total. The molecule has 1 aromatic heterocycles. The fourth-order valence-electron chi connectivity index (χ4n) is 7.47. The van der Waals surface area contributed by atoms with E-state index in [1.54, 1.807) is 59.2 Å². The van der Waals surface area contributed by atoms with Crippen molar-refractivity contribution in [2.75, 3.05) is 16.4 Å². The summed E-state index contributed by atoms with van der Waals surface area (Å²) in [6, 6.07) is 11.3. The number of aliphatic hydroxyl groups excluding tert-OH is 1. The molecule has 48 heavy (non-hydrogen) atoms. The second-order valence-electron chi connectivity index (χ2n) is 13.1. The average molecular weight is 679 g/mol. The number of carbonyl (C=O) groups is 3. The van der Waals surface area contributed by atoms with E-state index >= 15 is 0 Å². The SMILES string of the molecule is CC(=O)OC1CC(=O)N1c1ccc(CN2C(=O)[C@@]3(O[C@@H](CCn4cc(CCO)nn4)[C@H]([Si](C)(C)O)[C@H]3C)c3cc([N+](=O)[O-])ccc32)cc1. The van der Waals surface area contributed by atoms with Gasteiger partial charge in [-0.3, -0.25) is 34.1 Å². The number of nitrogens with zero attached hydrogens (tertiary/aromatic N) is 6. The molecule has 15 nitrogen and oxygen atoms in total. The van der Waals surface area contributed by atoms with Crippen molar-refractivity contribution >= 4 is 43.2 Å². The number of esters is 1. The van der Waals surface area contributed by atoms with E-state index in [9.17, 15) is 34.4 Å². The normalized spacial score (nSPS) is 25.0. The van der Waals surface area contributed by atoms with Gasteiger partial charge >= 0.3 is 5.97 Å². The third-order valence-corrected chi connectivity index (χ3v) is 12.0. The van der Waals surface area contributed by atoms with Gasteiger partial charge in [-0.25, -0.2) is 0 Å². The van der Waals surface area contributed by atoms with Crippen molar-refractivity contribution in [3.63, 3.8) is 0 Å². The number of aliphatic hydroxyl groups is 1. The summed E-state index contributed by atoms with van der Waals surface area (Å²) in [6.07, 6.45) is 1.38. The molecule has 3 aromatic rings. The number of fused-ring (bicyclic) bond motifs is 2. The summed E-state index contributed by atoms with van der Waals surface area (Å²) < 4.78 is 13.6. The smallest absolute Gasteiger partial charge is 0.304 e. The van der Waals surface area contributed by atoms with Gasteiger partial charge in [0.2, 0.25) is 5.91 Å². The van der Waals surface area contributed by atoms with Crippen molar-refractivity contribution < 1.29 is 38.7 Å². The van der Waals surface area contributed by atoms with Crippen LogP contribution in [0.3, 0.4) is 0 Å². The van der Waals surface area contributed by atoms with Gasteiger partial charge in [0.1, 0.15) is 0 Å². The van der Waals surface area contributed by atoms with E-state index in [1.165, 1.54) is 24.0 Å². The first-order valence-corrected chi connectivity index (χ1v) is 18.9. The van der Waals surface area contributed by atoms with Crippen molar-refractivity contribution in [3.05, 3.63) is 75.6 Å². The number of nitro groups is 1. The fourth-order valence-corrected chi connectivity index (χ4v) is 10.1. The van der Waals surface area contributed by atoms with E-state index in [0.717, 1.165) is 5.56 Å². The minimum atomic E-state index is -2.98. The number of amides is 2. The van der Waals surface area contributed by atoms with E-state index in [2.05, 4.69) is 10.3 Å². The second-order valence-corrected chi connectivity index (χ2v) is 17.1. The number of anilines is 2. The lowest BCUT2D eigenvalue weighted by Gasteiger charge is -2.39. The van der Waals surface area contributed by atoms with Gasteiger partial charge in [0.15, 0.2) is 20.1 Å². The number of non-ortho nitro benzene ring substituents is 1. The van der Waals surface area contributed by atoms with Gasteiger partial charge in [0.25, 0.3) is 11.6 Å². The molecule has 16 heteroatoms. The quantitative estimate of drug-likeness (QED) is 0.0997. The first kappa shape index (κ1) is 33.4. The van der Waals surface area contributed by atoms with Gasteiger partial charge in [-0.15, -0.1) is 5.10 Å².